The van der Waals surface area contributed by atoms with Crippen LogP contribution in [0.2, 0.25) is 0 Å². The van der Waals surface area contributed by atoms with Crippen LogP contribution in [-0.4, -0.2) is 35.9 Å². The predicted octanol–water partition coefficient (Wildman–Crippen LogP) is 2.30. The summed E-state index contributed by atoms with van der Waals surface area (Å²) in [6.07, 6.45) is 4.56. The Labute approximate surface area is 117 Å². The number of carbonyl (C=O) groups is 1. The maximum Gasteiger partial charge on any atom is 0.331 e. The first-order valence-electron chi connectivity index (χ1n) is 6.22. The number of methoxy groups -OCH3 is 1. The van der Waals surface area contributed by atoms with Gasteiger partial charge in [-0.2, -0.15) is 0 Å². The van der Waals surface area contributed by atoms with Crippen LogP contribution in [0.25, 0.3) is 0 Å². The van der Waals surface area contributed by atoms with Gasteiger partial charge < -0.3 is 14.8 Å². The lowest BCUT2D eigenvalue weighted by molar-refractivity contribution is 0.146. The Hall–Kier alpha value is -2.34. The van der Waals surface area contributed by atoms with E-state index in [1.807, 2.05) is 25.1 Å². The lowest BCUT2D eigenvalue weighted by Gasteiger charge is -2.13. The van der Waals surface area contributed by atoms with Gasteiger partial charge in [0.25, 0.3) is 0 Å². The second-order valence-corrected chi connectivity index (χ2v) is 4.24. The fourth-order valence-electron chi connectivity index (χ4n) is 1.65. The van der Waals surface area contributed by atoms with Crippen molar-refractivity contribution in [1.82, 2.24) is 9.55 Å². The zero-order valence-electron chi connectivity index (χ0n) is 11.5. The molecule has 0 unspecified atom stereocenters. The van der Waals surface area contributed by atoms with Crippen LogP contribution < -0.4 is 10.1 Å². The first kappa shape index (κ1) is 14.1. The third kappa shape index (κ3) is 3.58. The Morgan fingerprint density at radius 1 is 1.40 bits per heavy atom. The molecule has 0 atom stereocenters. The molecule has 2 aromatic rings. The molecule has 2 rings (SSSR count). The second-order valence-electron chi connectivity index (χ2n) is 4.24. The number of imidazole rings is 1. The molecule has 0 aliphatic heterocycles. The minimum absolute atomic E-state index is 0.289. The van der Waals surface area contributed by atoms with Gasteiger partial charge >= 0.3 is 6.03 Å². The van der Waals surface area contributed by atoms with E-state index in [-0.39, 0.29) is 6.03 Å². The molecule has 0 saturated carbocycles. The summed E-state index contributed by atoms with van der Waals surface area (Å²) in [5, 5.41) is 2.79. The van der Waals surface area contributed by atoms with Crippen LogP contribution in [-0.2, 0) is 4.74 Å². The molecule has 1 aromatic carbocycles. The second kappa shape index (κ2) is 6.72. The standard InChI is InChI=1S/C14H17N3O3/c1-11-3-4-12(13(9-11)20-8-7-19-2)16-14(18)17-6-5-15-10-17/h3-6,9-10H,7-8H2,1-2H3,(H,16,18). The number of nitrogens with zero attached hydrogens (tertiary/aromatic N) is 2. The number of nitrogens with one attached hydrogen (secondary N) is 1. The van der Waals surface area contributed by atoms with Gasteiger partial charge in [0.15, 0.2) is 0 Å². The van der Waals surface area contributed by atoms with E-state index in [2.05, 4.69) is 10.3 Å². The summed E-state index contributed by atoms with van der Waals surface area (Å²) in [6, 6.07) is 5.31. The highest BCUT2D eigenvalue weighted by Crippen LogP contribution is 2.25. The van der Waals surface area contributed by atoms with Gasteiger partial charge in [-0.15, -0.1) is 0 Å². The van der Waals surface area contributed by atoms with E-state index >= 15 is 0 Å². The quantitative estimate of drug-likeness (QED) is 0.850. The summed E-state index contributed by atoms with van der Waals surface area (Å²) < 4.78 is 11.9. The van der Waals surface area contributed by atoms with Crippen molar-refractivity contribution in [2.24, 2.45) is 0 Å². The molecule has 0 aliphatic rings. The van der Waals surface area contributed by atoms with Crippen molar-refractivity contribution in [2.75, 3.05) is 25.6 Å². The van der Waals surface area contributed by atoms with Crippen LogP contribution in [0.1, 0.15) is 5.56 Å². The zero-order valence-corrected chi connectivity index (χ0v) is 11.5. The minimum atomic E-state index is -0.289. The largest absolute Gasteiger partial charge is 0.489 e. The molecular weight excluding hydrogens is 258 g/mol. The van der Waals surface area contributed by atoms with Crippen LogP contribution in [0, 0.1) is 6.92 Å². The zero-order chi connectivity index (χ0) is 14.4. The fraction of sp³-hybridized carbons (Fsp3) is 0.286. The number of hydrogen-bond donors (Lipinski definition) is 1. The number of rotatable bonds is 5. The summed E-state index contributed by atoms with van der Waals surface area (Å²) in [6.45, 7) is 2.88. The first-order chi connectivity index (χ1) is 9.70. The van der Waals surface area contributed by atoms with E-state index in [0.717, 1.165) is 5.56 Å². The molecule has 1 aromatic heterocycles. The minimum Gasteiger partial charge on any atom is -0.489 e. The molecule has 20 heavy (non-hydrogen) atoms. The molecule has 6 heteroatoms. The molecule has 0 fully saturated rings. The molecule has 1 amide bonds. The fourth-order valence-corrected chi connectivity index (χ4v) is 1.65. The van der Waals surface area contributed by atoms with Crippen molar-refractivity contribution < 1.29 is 14.3 Å². The van der Waals surface area contributed by atoms with Gasteiger partial charge in [-0.25, -0.2) is 9.78 Å². The third-order valence-electron chi connectivity index (χ3n) is 2.66. The molecule has 0 bridgehead atoms. The summed E-state index contributed by atoms with van der Waals surface area (Å²) in [5.41, 5.74) is 1.67. The number of aryl methyl sites for hydroxylation is 1. The van der Waals surface area contributed by atoms with Gasteiger partial charge in [0.05, 0.1) is 12.3 Å². The van der Waals surface area contributed by atoms with E-state index in [1.54, 1.807) is 19.5 Å². The van der Waals surface area contributed by atoms with E-state index in [0.29, 0.717) is 24.7 Å². The van der Waals surface area contributed by atoms with Gasteiger partial charge in [0.1, 0.15) is 18.7 Å². The number of aromatic nitrogens is 2. The average molecular weight is 275 g/mol. The summed E-state index contributed by atoms with van der Waals surface area (Å²) in [5.74, 6) is 0.621. The van der Waals surface area contributed by atoms with Gasteiger partial charge in [-0.1, -0.05) is 6.07 Å². The third-order valence-corrected chi connectivity index (χ3v) is 2.66. The van der Waals surface area contributed by atoms with Crippen molar-refractivity contribution >= 4 is 11.7 Å². The Balaban J connectivity index is 2.11. The summed E-state index contributed by atoms with van der Waals surface area (Å²) >= 11 is 0. The van der Waals surface area contributed by atoms with Crippen molar-refractivity contribution in [1.29, 1.82) is 0 Å². The number of carbonyl (C=O) groups excluding carboxylic acids is 1. The molecule has 1 N–H and O–H groups in total. The lowest BCUT2D eigenvalue weighted by atomic mass is 10.2. The van der Waals surface area contributed by atoms with Crippen LogP contribution in [0.15, 0.2) is 36.9 Å². The van der Waals surface area contributed by atoms with E-state index in [4.69, 9.17) is 9.47 Å². The lowest BCUT2D eigenvalue weighted by Crippen LogP contribution is -2.18. The van der Waals surface area contributed by atoms with E-state index < -0.39 is 0 Å². The Kier molecular flexibility index (Phi) is 4.73. The van der Waals surface area contributed by atoms with E-state index in [9.17, 15) is 4.79 Å². The highest BCUT2D eigenvalue weighted by molar-refractivity contribution is 5.92. The predicted molar refractivity (Wildman–Crippen MR) is 75.2 cm³/mol. The van der Waals surface area contributed by atoms with Crippen molar-refractivity contribution in [2.45, 2.75) is 6.92 Å². The van der Waals surface area contributed by atoms with Crippen LogP contribution in [0.4, 0.5) is 10.5 Å². The van der Waals surface area contributed by atoms with Gasteiger partial charge in [-0.3, -0.25) is 4.57 Å². The Bertz CT molecular complexity index is 567. The summed E-state index contributed by atoms with van der Waals surface area (Å²) in [4.78, 5) is 15.8. The average Bonchev–Trinajstić information content (AvgIpc) is 2.96. The number of anilines is 1. The molecule has 0 aliphatic carbocycles. The smallest absolute Gasteiger partial charge is 0.331 e. The van der Waals surface area contributed by atoms with Crippen LogP contribution >= 0.6 is 0 Å². The topological polar surface area (TPSA) is 65.4 Å². The van der Waals surface area contributed by atoms with E-state index in [1.165, 1.54) is 10.9 Å². The van der Waals surface area contributed by atoms with Crippen molar-refractivity contribution in [3.8, 4) is 5.75 Å². The van der Waals surface area contributed by atoms with Crippen molar-refractivity contribution in [3.63, 3.8) is 0 Å². The van der Waals surface area contributed by atoms with Gasteiger partial charge in [0.2, 0.25) is 0 Å². The highest BCUT2D eigenvalue weighted by Gasteiger charge is 2.09. The Morgan fingerprint density at radius 2 is 2.25 bits per heavy atom. The molecule has 6 nitrogen and oxygen atoms in total. The SMILES string of the molecule is COCCOc1cc(C)ccc1NC(=O)n1ccnc1. The molecule has 106 valence electrons. The van der Waals surface area contributed by atoms with Gasteiger partial charge in [0, 0.05) is 19.5 Å². The number of benzene rings is 1. The van der Waals surface area contributed by atoms with Gasteiger partial charge in [-0.05, 0) is 24.6 Å². The highest BCUT2D eigenvalue weighted by atomic mass is 16.5. The number of amides is 1. The summed E-state index contributed by atoms with van der Waals surface area (Å²) in [7, 11) is 1.61. The molecule has 0 radical (unpaired) electrons. The Morgan fingerprint density at radius 3 is 2.95 bits per heavy atom. The monoisotopic (exact) mass is 275 g/mol. The van der Waals surface area contributed by atoms with Crippen LogP contribution in [0.5, 0.6) is 5.75 Å². The molecule has 0 spiro atoms. The normalized spacial score (nSPS) is 10.3. The number of ether oxygens (including phenoxy) is 2. The maximum atomic E-state index is 12.0. The number of hydrogen-bond acceptors (Lipinski definition) is 4. The maximum absolute atomic E-state index is 12.0. The van der Waals surface area contributed by atoms with Crippen LogP contribution in [0.3, 0.4) is 0 Å². The first-order valence-corrected chi connectivity index (χ1v) is 6.22. The molecule has 0 saturated heterocycles. The van der Waals surface area contributed by atoms with Crippen molar-refractivity contribution in [3.05, 3.63) is 42.5 Å². The molecular formula is C14H17N3O3. The molecule has 1 heterocycles.